The molecule has 0 bridgehead atoms. The van der Waals surface area contributed by atoms with Gasteiger partial charge in [0.05, 0.1) is 13.6 Å². The first-order chi connectivity index (χ1) is 2.77. The third kappa shape index (κ3) is 0.548. The van der Waals surface area contributed by atoms with E-state index in [4.69, 9.17) is 0 Å². The summed E-state index contributed by atoms with van der Waals surface area (Å²) in [7, 11) is 2.29. The van der Waals surface area contributed by atoms with Gasteiger partial charge in [0.2, 0.25) is 0 Å². The van der Waals surface area contributed by atoms with Crippen molar-refractivity contribution in [2.75, 3.05) is 26.7 Å². The van der Waals surface area contributed by atoms with Crippen molar-refractivity contribution in [3.63, 3.8) is 0 Å². The average Bonchev–Trinajstić information content (AvgIpc) is 2.22. The highest BCUT2D eigenvalue weighted by atomic mass is 15.4. The summed E-state index contributed by atoms with van der Waals surface area (Å²) in [5, 5.41) is 0. The highest BCUT2D eigenvalue weighted by Gasteiger charge is 2.33. The van der Waals surface area contributed by atoms with Crippen LogP contribution in [-0.2, 0) is 0 Å². The minimum absolute atomic E-state index is 1.32. The molecule has 1 fully saturated rings. The predicted octanol–water partition coefficient (Wildman–Crippen LogP) is 0.466. The van der Waals surface area contributed by atoms with Crippen molar-refractivity contribution in [1.82, 2.24) is 0 Å². The number of hydrogen-bond donors (Lipinski definition) is 0. The summed E-state index contributed by atoms with van der Waals surface area (Å²) < 4.78 is 1.32. The topological polar surface area (TPSA) is 0 Å². The van der Waals surface area contributed by atoms with Crippen molar-refractivity contribution in [2.45, 2.75) is 6.92 Å². The van der Waals surface area contributed by atoms with Crippen LogP contribution in [0.15, 0.2) is 0 Å². The normalized spacial score (nSPS) is 27.0. The van der Waals surface area contributed by atoms with E-state index in [0.717, 1.165) is 0 Å². The van der Waals surface area contributed by atoms with Crippen LogP contribution >= 0.6 is 0 Å². The molecule has 0 unspecified atom stereocenters. The van der Waals surface area contributed by atoms with Crippen LogP contribution in [0.25, 0.3) is 0 Å². The molecular weight excluding hydrogens is 74.1 g/mol. The second-order valence-electron chi connectivity index (χ2n) is 2.38. The van der Waals surface area contributed by atoms with Crippen LogP contribution in [0.4, 0.5) is 0 Å². The molecule has 0 aromatic rings. The van der Waals surface area contributed by atoms with E-state index in [1.54, 1.807) is 0 Å². The molecule has 1 aliphatic rings. The van der Waals surface area contributed by atoms with Crippen molar-refractivity contribution in [3.05, 3.63) is 0 Å². The minimum Gasteiger partial charge on any atom is -0.317 e. The predicted molar refractivity (Wildman–Crippen MR) is 26.5 cm³/mol. The van der Waals surface area contributed by atoms with E-state index in [0.29, 0.717) is 0 Å². The van der Waals surface area contributed by atoms with Crippen molar-refractivity contribution in [3.8, 4) is 0 Å². The highest BCUT2D eigenvalue weighted by molar-refractivity contribution is 4.47. The fraction of sp³-hybridized carbons (Fsp3) is 1.00. The van der Waals surface area contributed by atoms with E-state index in [9.17, 15) is 0 Å². The fourth-order valence-corrected chi connectivity index (χ4v) is 0.487. The van der Waals surface area contributed by atoms with Gasteiger partial charge >= 0.3 is 0 Å². The van der Waals surface area contributed by atoms with Gasteiger partial charge in [-0.3, -0.25) is 0 Å². The van der Waals surface area contributed by atoms with Crippen LogP contribution < -0.4 is 0 Å². The molecule has 6 heavy (non-hydrogen) atoms. The molecule has 1 heteroatoms. The molecule has 1 heterocycles. The molecule has 1 aliphatic heterocycles. The van der Waals surface area contributed by atoms with Gasteiger partial charge in [-0.1, -0.05) is 0 Å². The number of likely N-dealkylation sites (N-methyl/N-ethyl adjacent to an activating group) is 1. The Balaban J connectivity index is 2.28. The summed E-state index contributed by atoms with van der Waals surface area (Å²) in [5.41, 5.74) is 0. The first kappa shape index (κ1) is 4.13. The third-order valence-corrected chi connectivity index (χ3v) is 1.75. The molecular formula is C5H12N+. The third-order valence-electron chi connectivity index (χ3n) is 1.75. The quantitative estimate of drug-likeness (QED) is 0.321. The molecule has 1 nitrogen and oxygen atoms in total. The Kier molecular flexibility index (Phi) is 0.667. The van der Waals surface area contributed by atoms with Crippen molar-refractivity contribution >= 4 is 0 Å². The van der Waals surface area contributed by atoms with Gasteiger partial charge in [0.25, 0.3) is 0 Å². The minimum atomic E-state index is 1.32. The molecule has 0 aromatic heterocycles. The van der Waals surface area contributed by atoms with E-state index >= 15 is 0 Å². The van der Waals surface area contributed by atoms with Crippen molar-refractivity contribution in [2.24, 2.45) is 0 Å². The molecule has 0 aromatic carbocycles. The van der Waals surface area contributed by atoms with Crippen LogP contribution in [-0.4, -0.2) is 31.2 Å². The van der Waals surface area contributed by atoms with Crippen LogP contribution in [0.2, 0.25) is 0 Å². The maximum absolute atomic E-state index is 2.29. The van der Waals surface area contributed by atoms with Crippen LogP contribution in [0.1, 0.15) is 6.92 Å². The molecule has 0 amide bonds. The number of rotatable bonds is 1. The van der Waals surface area contributed by atoms with E-state index in [1.807, 2.05) is 0 Å². The van der Waals surface area contributed by atoms with Gasteiger partial charge < -0.3 is 4.48 Å². The lowest BCUT2D eigenvalue weighted by atomic mass is 10.7. The summed E-state index contributed by atoms with van der Waals surface area (Å²) in [6, 6.07) is 0. The van der Waals surface area contributed by atoms with Gasteiger partial charge in [-0.05, 0) is 6.92 Å². The maximum atomic E-state index is 2.29. The smallest absolute Gasteiger partial charge is 0.128 e. The van der Waals surface area contributed by atoms with Crippen LogP contribution in [0, 0.1) is 0 Å². The van der Waals surface area contributed by atoms with Gasteiger partial charge in [0, 0.05) is 0 Å². The van der Waals surface area contributed by atoms with Crippen LogP contribution in [0.3, 0.4) is 0 Å². The SMILES string of the molecule is CC[N+]1(C)CC1. The number of hydrogen-bond acceptors (Lipinski definition) is 0. The molecule has 0 atom stereocenters. The first-order valence-corrected chi connectivity index (χ1v) is 2.60. The number of quaternary nitrogens is 1. The number of nitrogens with zero attached hydrogens (tertiary/aromatic N) is 1. The zero-order valence-corrected chi connectivity index (χ0v) is 4.57. The van der Waals surface area contributed by atoms with Gasteiger partial charge in [0.15, 0.2) is 0 Å². The van der Waals surface area contributed by atoms with E-state index < -0.39 is 0 Å². The molecule has 1 saturated heterocycles. The first-order valence-electron chi connectivity index (χ1n) is 2.60. The zero-order chi connectivity index (χ0) is 4.62. The summed E-state index contributed by atoms with van der Waals surface area (Å²) in [6.07, 6.45) is 0. The Morgan fingerprint density at radius 1 is 1.50 bits per heavy atom. The zero-order valence-electron chi connectivity index (χ0n) is 4.57. The average molecular weight is 86.2 g/mol. The lowest BCUT2D eigenvalue weighted by molar-refractivity contribution is -0.774. The van der Waals surface area contributed by atoms with E-state index in [-0.39, 0.29) is 0 Å². The van der Waals surface area contributed by atoms with Gasteiger partial charge in [-0.25, -0.2) is 0 Å². The van der Waals surface area contributed by atoms with Gasteiger partial charge in [0.1, 0.15) is 13.1 Å². The Labute approximate surface area is 39.2 Å². The monoisotopic (exact) mass is 86.1 g/mol. The maximum Gasteiger partial charge on any atom is 0.128 e. The molecule has 36 valence electrons. The Morgan fingerprint density at radius 3 is 2.00 bits per heavy atom. The molecule has 0 saturated carbocycles. The Hall–Kier alpha value is -0.0400. The highest BCUT2D eigenvalue weighted by Crippen LogP contribution is 2.13. The fourth-order valence-electron chi connectivity index (χ4n) is 0.487. The second kappa shape index (κ2) is 0.969. The van der Waals surface area contributed by atoms with Gasteiger partial charge in [-0.15, -0.1) is 0 Å². The molecule has 0 aliphatic carbocycles. The molecule has 1 rings (SSSR count). The lowest BCUT2D eigenvalue weighted by Gasteiger charge is -2.04. The van der Waals surface area contributed by atoms with Crippen LogP contribution in [0.5, 0.6) is 0 Å². The lowest BCUT2D eigenvalue weighted by Crippen LogP contribution is -2.17. The largest absolute Gasteiger partial charge is 0.317 e. The standard InChI is InChI=1S/C5H12N/c1-3-6(2)4-5-6/h3-5H2,1-2H3/q+1. The Morgan fingerprint density at radius 2 is 2.00 bits per heavy atom. The van der Waals surface area contributed by atoms with E-state index in [1.165, 1.54) is 24.1 Å². The molecule has 0 N–H and O–H groups in total. The molecule has 0 spiro atoms. The van der Waals surface area contributed by atoms with Gasteiger partial charge in [-0.2, -0.15) is 0 Å². The second-order valence-corrected chi connectivity index (χ2v) is 2.38. The summed E-state index contributed by atoms with van der Waals surface area (Å²) >= 11 is 0. The summed E-state index contributed by atoms with van der Waals surface area (Å²) in [4.78, 5) is 0. The summed E-state index contributed by atoms with van der Waals surface area (Å²) in [6.45, 7) is 6.39. The van der Waals surface area contributed by atoms with Crippen molar-refractivity contribution in [1.29, 1.82) is 0 Å². The summed E-state index contributed by atoms with van der Waals surface area (Å²) in [5.74, 6) is 0. The van der Waals surface area contributed by atoms with Crippen molar-refractivity contribution < 1.29 is 4.48 Å². The van der Waals surface area contributed by atoms with E-state index in [2.05, 4.69) is 14.0 Å². The molecule has 0 radical (unpaired) electrons. The Bertz CT molecular complexity index is 55.0.